The molecular formula is C20H23N3O3. The van der Waals surface area contributed by atoms with Gasteiger partial charge >= 0.3 is 6.03 Å². The van der Waals surface area contributed by atoms with Crippen LogP contribution in [0.3, 0.4) is 0 Å². The molecule has 26 heavy (non-hydrogen) atoms. The third kappa shape index (κ3) is 4.33. The van der Waals surface area contributed by atoms with Gasteiger partial charge in [-0.05, 0) is 24.6 Å². The molecule has 1 unspecified atom stereocenters. The topological polar surface area (TPSA) is 70.7 Å². The zero-order chi connectivity index (χ0) is 18.5. The number of nitrogens with one attached hydrogen (secondary N) is 2. The molecule has 0 saturated carbocycles. The molecule has 3 rings (SSSR count). The Labute approximate surface area is 153 Å². The van der Waals surface area contributed by atoms with Crippen molar-refractivity contribution in [3.05, 3.63) is 59.7 Å². The molecule has 0 aromatic heterocycles. The Morgan fingerprint density at radius 1 is 1.23 bits per heavy atom. The minimum absolute atomic E-state index is 0.0120. The third-order valence-corrected chi connectivity index (χ3v) is 4.40. The van der Waals surface area contributed by atoms with Gasteiger partial charge in [0.15, 0.2) is 0 Å². The number of anilines is 1. The number of carbonyl (C=O) groups excluding carboxylic acids is 2. The second-order valence-electron chi connectivity index (χ2n) is 6.42. The van der Waals surface area contributed by atoms with Crippen molar-refractivity contribution >= 4 is 17.6 Å². The highest BCUT2D eigenvalue weighted by Crippen LogP contribution is 2.25. The standard InChI is InChI=1S/C20H23N3O3/c1-14-6-8-15(9-7-14)12-21-20(25)22-16-10-19(24)23(13-16)17-4-3-5-18(11-17)26-2/h3-9,11,16H,10,12-13H2,1-2H3,(H2,21,22,25). The number of ether oxygens (including phenoxy) is 1. The number of methoxy groups -OCH3 is 1. The molecular weight excluding hydrogens is 330 g/mol. The molecule has 1 heterocycles. The molecule has 0 aliphatic carbocycles. The lowest BCUT2D eigenvalue weighted by atomic mass is 10.1. The summed E-state index contributed by atoms with van der Waals surface area (Å²) in [5, 5.41) is 5.71. The van der Waals surface area contributed by atoms with Gasteiger partial charge < -0.3 is 20.3 Å². The van der Waals surface area contributed by atoms with Crippen molar-refractivity contribution in [3.63, 3.8) is 0 Å². The van der Waals surface area contributed by atoms with Crippen LogP contribution in [0.2, 0.25) is 0 Å². The summed E-state index contributed by atoms with van der Waals surface area (Å²) in [7, 11) is 1.59. The molecule has 3 amide bonds. The Bertz CT molecular complexity index is 789. The van der Waals surface area contributed by atoms with Crippen LogP contribution in [0.5, 0.6) is 5.75 Å². The van der Waals surface area contributed by atoms with Crippen LogP contribution in [0, 0.1) is 6.92 Å². The molecule has 2 N–H and O–H groups in total. The Kier molecular flexibility index (Phi) is 5.41. The highest BCUT2D eigenvalue weighted by molar-refractivity contribution is 5.97. The van der Waals surface area contributed by atoms with E-state index in [0.717, 1.165) is 11.3 Å². The second kappa shape index (κ2) is 7.91. The van der Waals surface area contributed by atoms with Gasteiger partial charge in [0.1, 0.15) is 5.75 Å². The van der Waals surface area contributed by atoms with Crippen LogP contribution >= 0.6 is 0 Å². The Morgan fingerprint density at radius 3 is 2.73 bits per heavy atom. The van der Waals surface area contributed by atoms with Gasteiger partial charge in [0.2, 0.25) is 5.91 Å². The second-order valence-corrected chi connectivity index (χ2v) is 6.42. The lowest BCUT2D eigenvalue weighted by molar-refractivity contribution is -0.117. The van der Waals surface area contributed by atoms with Gasteiger partial charge in [0, 0.05) is 31.3 Å². The van der Waals surface area contributed by atoms with Crippen LogP contribution in [0.15, 0.2) is 48.5 Å². The highest BCUT2D eigenvalue weighted by Gasteiger charge is 2.31. The van der Waals surface area contributed by atoms with Crippen LogP contribution in [0.25, 0.3) is 0 Å². The number of hydrogen-bond acceptors (Lipinski definition) is 3. The molecule has 0 bridgehead atoms. The average Bonchev–Trinajstić information content (AvgIpc) is 3.01. The smallest absolute Gasteiger partial charge is 0.315 e. The van der Waals surface area contributed by atoms with Gasteiger partial charge in [-0.2, -0.15) is 0 Å². The van der Waals surface area contributed by atoms with E-state index in [1.54, 1.807) is 12.0 Å². The summed E-state index contributed by atoms with van der Waals surface area (Å²) in [5.41, 5.74) is 2.99. The van der Waals surface area contributed by atoms with Gasteiger partial charge in [-0.25, -0.2) is 4.79 Å². The molecule has 1 aliphatic rings. The molecule has 6 heteroatoms. The van der Waals surface area contributed by atoms with Crippen LogP contribution in [-0.4, -0.2) is 31.6 Å². The molecule has 1 aliphatic heterocycles. The number of aryl methyl sites for hydroxylation is 1. The minimum Gasteiger partial charge on any atom is -0.497 e. The van der Waals surface area contributed by atoms with Crippen molar-refractivity contribution in [2.75, 3.05) is 18.6 Å². The molecule has 6 nitrogen and oxygen atoms in total. The van der Waals surface area contributed by atoms with E-state index in [9.17, 15) is 9.59 Å². The summed E-state index contributed by atoms with van der Waals surface area (Å²) < 4.78 is 5.20. The van der Waals surface area contributed by atoms with E-state index in [2.05, 4.69) is 10.6 Å². The monoisotopic (exact) mass is 353 g/mol. The predicted molar refractivity (Wildman–Crippen MR) is 100 cm³/mol. The van der Waals surface area contributed by atoms with E-state index in [0.29, 0.717) is 18.8 Å². The van der Waals surface area contributed by atoms with Gasteiger partial charge in [-0.3, -0.25) is 4.79 Å². The average molecular weight is 353 g/mol. The number of benzene rings is 2. The molecule has 1 fully saturated rings. The Hall–Kier alpha value is -3.02. The summed E-state index contributed by atoms with van der Waals surface area (Å²) in [5.74, 6) is 0.685. The summed E-state index contributed by atoms with van der Waals surface area (Å²) >= 11 is 0. The minimum atomic E-state index is -0.268. The highest BCUT2D eigenvalue weighted by atomic mass is 16.5. The molecule has 2 aromatic rings. The first-order chi connectivity index (χ1) is 12.5. The quantitative estimate of drug-likeness (QED) is 0.868. The fourth-order valence-corrected chi connectivity index (χ4v) is 2.96. The Morgan fingerprint density at radius 2 is 2.00 bits per heavy atom. The number of amides is 3. The van der Waals surface area contributed by atoms with Gasteiger partial charge in [0.25, 0.3) is 0 Å². The normalized spacial score (nSPS) is 16.5. The van der Waals surface area contributed by atoms with Crippen molar-refractivity contribution in [2.45, 2.75) is 25.9 Å². The van der Waals surface area contributed by atoms with Crippen molar-refractivity contribution in [1.29, 1.82) is 0 Å². The van der Waals surface area contributed by atoms with E-state index in [1.807, 2.05) is 55.5 Å². The lowest BCUT2D eigenvalue weighted by Crippen LogP contribution is -2.43. The number of carbonyl (C=O) groups is 2. The first-order valence-electron chi connectivity index (χ1n) is 8.59. The van der Waals surface area contributed by atoms with Crippen LogP contribution in [0.1, 0.15) is 17.5 Å². The van der Waals surface area contributed by atoms with E-state index in [-0.39, 0.29) is 24.4 Å². The van der Waals surface area contributed by atoms with E-state index < -0.39 is 0 Å². The summed E-state index contributed by atoms with van der Waals surface area (Å²) in [6.45, 7) is 2.92. The van der Waals surface area contributed by atoms with Crippen LogP contribution in [0.4, 0.5) is 10.5 Å². The van der Waals surface area contributed by atoms with Gasteiger partial charge in [-0.15, -0.1) is 0 Å². The van der Waals surface area contributed by atoms with E-state index in [1.165, 1.54) is 5.56 Å². The summed E-state index contributed by atoms with van der Waals surface area (Å²) in [4.78, 5) is 26.1. The fourth-order valence-electron chi connectivity index (χ4n) is 2.96. The van der Waals surface area contributed by atoms with Crippen LogP contribution in [-0.2, 0) is 11.3 Å². The largest absolute Gasteiger partial charge is 0.497 e. The van der Waals surface area contributed by atoms with Gasteiger partial charge in [-0.1, -0.05) is 35.9 Å². The summed E-state index contributed by atoms with van der Waals surface area (Å²) in [6.07, 6.45) is 0.287. The van der Waals surface area contributed by atoms with E-state index >= 15 is 0 Å². The summed E-state index contributed by atoms with van der Waals surface area (Å²) in [6, 6.07) is 14.9. The van der Waals surface area contributed by atoms with Crippen molar-refractivity contribution in [3.8, 4) is 5.75 Å². The number of nitrogens with zero attached hydrogens (tertiary/aromatic N) is 1. The lowest BCUT2D eigenvalue weighted by Gasteiger charge is -2.18. The molecule has 0 spiro atoms. The third-order valence-electron chi connectivity index (χ3n) is 4.40. The number of rotatable bonds is 5. The van der Waals surface area contributed by atoms with Crippen molar-refractivity contribution in [2.24, 2.45) is 0 Å². The van der Waals surface area contributed by atoms with Crippen molar-refractivity contribution < 1.29 is 14.3 Å². The first kappa shape index (κ1) is 17.8. The number of hydrogen-bond donors (Lipinski definition) is 2. The molecule has 1 saturated heterocycles. The SMILES string of the molecule is COc1cccc(N2CC(NC(=O)NCc3ccc(C)cc3)CC2=O)c1. The van der Waals surface area contributed by atoms with E-state index in [4.69, 9.17) is 4.74 Å². The van der Waals surface area contributed by atoms with Crippen LogP contribution < -0.4 is 20.3 Å². The molecule has 1 atom stereocenters. The molecule has 2 aromatic carbocycles. The van der Waals surface area contributed by atoms with Crippen molar-refractivity contribution in [1.82, 2.24) is 10.6 Å². The fraction of sp³-hybridized carbons (Fsp3) is 0.300. The zero-order valence-corrected chi connectivity index (χ0v) is 15.0. The maximum atomic E-state index is 12.3. The number of urea groups is 1. The predicted octanol–water partition coefficient (Wildman–Crippen LogP) is 2.61. The maximum absolute atomic E-state index is 12.3. The molecule has 0 radical (unpaired) electrons. The zero-order valence-electron chi connectivity index (χ0n) is 15.0. The Balaban J connectivity index is 1.53. The van der Waals surface area contributed by atoms with Gasteiger partial charge in [0.05, 0.1) is 13.2 Å². The maximum Gasteiger partial charge on any atom is 0.315 e. The molecule has 136 valence electrons. The first-order valence-corrected chi connectivity index (χ1v) is 8.59.